The number of nitrogens with one attached hydrogen (secondary N) is 1. The summed E-state index contributed by atoms with van der Waals surface area (Å²) in [5.41, 5.74) is 2.00. The lowest BCUT2D eigenvalue weighted by atomic mass is 9.95. The van der Waals surface area contributed by atoms with E-state index in [-0.39, 0.29) is 11.8 Å². The lowest BCUT2D eigenvalue weighted by Crippen LogP contribution is -2.37. The van der Waals surface area contributed by atoms with E-state index in [0.29, 0.717) is 17.2 Å². The molecule has 138 valence electrons. The molecule has 1 heterocycles. The second kappa shape index (κ2) is 8.72. The molecule has 0 saturated carbocycles. The molecule has 0 unspecified atom stereocenters. The van der Waals surface area contributed by atoms with E-state index < -0.39 is 0 Å². The van der Waals surface area contributed by atoms with Crippen molar-refractivity contribution in [2.75, 3.05) is 32.6 Å². The van der Waals surface area contributed by atoms with E-state index in [1.165, 1.54) is 5.56 Å². The Labute approximate surface area is 154 Å². The quantitative estimate of drug-likeness (QED) is 0.862. The van der Waals surface area contributed by atoms with Crippen LogP contribution in [0.5, 0.6) is 11.5 Å². The Morgan fingerprint density at radius 3 is 2.46 bits per heavy atom. The van der Waals surface area contributed by atoms with Gasteiger partial charge in [0.2, 0.25) is 5.91 Å². The van der Waals surface area contributed by atoms with Gasteiger partial charge in [0.1, 0.15) is 11.5 Å². The van der Waals surface area contributed by atoms with Crippen LogP contribution in [-0.4, -0.2) is 38.1 Å². The van der Waals surface area contributed by atoms with Gasteiger partial charge < -0.3 is 14.8 Å². The van der Waals surface area contributed by atoms with Gasteiger partial charge in [-0.25, -0.2) is 0 Å². The fourth-order valence-corrected chi connectivity index (χ4v) is 3.33. The molecule has 3 rings (SSSR count). The Bertz CT molecular complexity index is 725. The Hall–Kier alpha value is -2.53. The largest absolute Gasteiger partial charge is 0.497 e. The van der Waals surface area contributed by atoms with Gasteiger partial charge in [-0.2, -0.15) is 0 Å². The van der Waals surface area contributed by atoms with E-state index in [1.807, 2.05) is 18.2 Å². The van der Waals surface area contributed by atoms with Crippen molar-refractivity contribution in [1.29, 1.82) is 0 Å². The van der Waals surface area contributed by atoms with E-state index in [9.17, 15) is 4.79 Å². The van der Waals surface area contributed by atoms with Crippen molar-refractivity contribution in [2.24, 2.45) is 5.92 Å². The van der Waals surface area contributed by atoms with Crippen LogP contribution in [0.2, 0.25) is 0 Å². The molecule has 2 aromatic rings. The summed E-state index contributed by atoms with van der Waals surface area (Å²) in [7, 11) is 3.20. The van der Waals surface area contributed by atoms with Gasteiger partial charge in [0.25, 0.3) is 0 Å². The molecule has 1 N–H and O–H groups in total. The molecule has 0 aromatic heterocycles. The van der Waals surface area contributed by atoms with Gasteiger partial charge in [-0.3, -0.25) is 9.69 Å². The van der Waals surface area contributed by atoms with Gasteiger partial charge in [-0.1, -0.05) is 30.3 Å². The molecular weight excluding hydrogens is 328 g/mol. The maximum Gasteiger partial charge on any atom is 0.227 e. The highest BCUT2D eigenvalue weighted by Crippen LogP contribution is 2.30. The third-order valence-electron chi connectivity index (χ3n) is 4.87. The van der Waals surface area contributed by atoms with Gasteiger partial charge in [0.05, 0.1) is 19.9 Å². The topological polar surface area (TPSA) is 50.8 Å². The number of piperidine rings is 1. The molecule has 0 atom stereocenters. The minimum absolute atomic E-state index is 0.0360. The first kappa shape index (κ1) is 18.3. The third-order valence-corrected chi connectivity index (χ3v) is 4.87. The molecule has 5 nitrogen and oxygen atoms in total. The number of carbonyl (C=O) groups excluding carboxylic acids is 1. The molecule has 0 bridgehead atoms. The molecule has 1 saturated heterocycles. The molecule has 1 fully saturated rings. The van der Waals surface area contributed by atoms with Crippen molar-refractivity contribution in [2.45, 2.75) is 19.4 Å². The van der Waals surface area contributed by atoms with Crippen LogP contribution in [0.25, 0.3) is 0 Å². The second-order valence-electron chi connectivity index (χ2n) is 6.59. The van der Waals surface area contributed by atoms with E-state index in [4.69, 9.17) is 9.47 Å². The van der Waals surface area contributed by atoms with Crippen LogP contribution < -0.4 is 14.8 Å². The van der Waals surface area contributed by atoms with Crippen LogP contribution in [-0.2, 0) is 11.3 Å². The summed E-state index contributed by atoms with van der Waals surface area (Å²) < 4.78 is 10.6. The fourth-order valence-electron chi connectivity index (χ4n) is 3.33. The molecule has 5 heteroatoms. The summed E-state index contributed by atoms with van der Waals surface area (Å²) >= 11 is 0. The Kier molecular flexibility index (Phi) is 6.12. The van der Waals surface area contributed by atoms with Gasteiger partial charge in [0.15, 0.2) is 0 Å². The summed E-state index contributed by atoms with van der Waals surface area (Å²) in [5.74, 6) is 1.41. The summed E-state index contributed by atoms with van der Waals surface area (Å²) in [4.78, 5) is 15.0. The zero-order chi connectivity index (χ0) is 18.4. The zero-order valence-corrected chi connectivity index (χ0v) is 15.4. The number of anilines is 1. The highest BCUT2D eigenvalue weighted by molar-refractivity contribution is 5.94. The average molecular weight is 354 g/mol. The number of nitrogens with zero attached hydrogens (tertiary/aromatic N) is 1. The van der Waals surface area contributed by atoms with Crippen LogP contribution >= 0.6 is 0 Å². The third kappa shape index (κ3) is 4.55. The number of carbonyl (C=O) groups is 1. The number of benzene rings is 2. The number of hydrogen-bond acceptors (Lipinski definition) is 4. The van der Waals surface area contributed by atoms with Crippen LogP contribution in [0.1, 0.15) is 18.4 Å². The second-order valence-corrected chi connectivity index (χ2v) is 6.59. The molecule has 1 aliphatic heterocycles. The standard InChI is InChI=1S/C21H26N2O3/c1-25-18-8-9-19(20(14-18)26-2)22-21(24)17-10-12-23(13-11-17)15-16-6-4-3-5-7-16/h3-9,14,17H,10-13,15H2,1-2H3,(H,22,24). The summed E-state index contributed by atoms with van der Waals surface area (Å²) in [6, 6.07) is 15.9. The van der Waals surface area contributed by atoms with Gasteiger partial charge >= 0.3 is 0 Å². The lowest BCUT2D eigenvalue weighted by molar-refractivity contribution is -0.121. The highest BCUT2D eigenvalue weighted by Gasteiger charge is 2.25. The van der Waals surface area contributed by atoms with Crippen molar-refractivity contribution in [3.8, 4) is 11.5 Å². The SMILES string of the molecule is COc1ccc(NC(=O)C2CCN(Cc3ccccc3)CC2)c(OC)c1. The molecule has 2 aromatic carbocycles. The van der Waals surface area contributed by atoms with Crippen molar-refractivity contribution in [3.63, 3.8) is 0 Å². The van der Waals surface area contributed by atoms with Crippen LogP contribution in [0.15, 0.2) is 48.5 Å². The maximum atomic E-state index is 12.6. The zero-order valence-electron chi connectivity index (χ0n) is 15.4. The number of methoxy groups -OCH3 is 2. The number of amides is 1. The van der Waals surface area contributed by atoms with Crippen molar-refractivity contribution < 1.29 is 14.3 Å². The fraction of sp³-hybridized carbons (Fsp3) is 0.381. The summed E-state index contributed by atoms with van der Waals surface area (Å²) in [5, 5.41) is 3.01. The van der Waals surface area contributed by atoms with Crippen LogP contribution in [0.3, 0.4) is 0 Å². The molecular formula is C21H26N2O3. The molecule has 1 aliphatic rings. The minimum Gasteiger partial charge on any atom is -0.497 e. The molecule has 1 amide bonds. The van der Waals surface area contributed by atoms with Gasteiger partial charge in [-0.15, -0.1) is 0 Å². The average Bonchev–Trinajstić information content (AvgIpc) is 2.69. The summed E-state index contributed by atoms with van der Waals surface area (Å²) in [6.07, 6.45) is 1.74. The van der Waals surface area contributed by atoms with Gasteiger partial charge in [-0.05, 0) is 43.6 Å². The van der Waals surface area contributed by atoms with Crippen LogP contribution in [0, 0.1) is 5.92 Å². The lowest BCUT2D eigenvalue weighted by Gasteiger charge is -2.31. The first-order valence-corrected chi connectivity index (χ1v) is 8.98. The number of hydrogen-bond donors (Lipinski definition) is 1. The van der Waals surface area contributed by atoms with Crippen molar-refractivity contribution >= 4 is 11.6 Å². The molecule has 0 spiro atoms. The number of ether oxygens (including phenoxy) is 2. The normalized spacial score (nSPS) is 15.5. The predicted molar refractivity (Wildman–Crippen MR) is 103 cm³/mol. The number of rotatable bonds is 6. The first-order valence-electron chi connectivity index (χ1n) is 8.98. The van der Waals surface area contributed by atoms with E-state index in [0.717, 1.165) is 32.5 Å². The van der Waals surface area contributed by atoms with Crippen molar-refractivity contribution in [1.82, 2.24) is 4.90 Å². The van der Waals surface area contributed by atoms with Crippen LogP contribution in [0.4, 0.5) is 5.69 Å². The maximum absolute atomic E-state index is 12.6. The first-order chi connectivity index (χ1) is 12.7. The molecule has 26 heavy (non-hydrogen) atoms. The van der Waals surface area contributed by atoms with E-state index >= 15 is 0 Å². The Morgan fingerprint density at radius 1 is 1.08 bits per heavy atom. The summed E-state index contributed by atoms with van der Waals surface area (Å²) in [6.45, 7) is 2.82. The monoisotopic (exact) mass is 354 g/mol. The van der Waals surface area contributed by atoms with Crippen molar-refractivity contribution in [3.05, 3.63) is 54.1 Å². The van der Waals surface area contributed by atoms with E-state index in [2.05, 4.69) is 34.5 Å². The van der Waals surface area contributed by atoms with Gasteiger partial charge in [0, 0.05) is 18.5 Å². The minimum atomic E-state index is 0.0360. The van der Waals surface area contributed by atoms with E-state index in [1.54, 1.807) is 20.3 Å². The molecule has 0 radical (unpaired) electrons. The Morgan fingerprint density at radius 2 is 1.81 bits per heavy atom. The number of likely N-dealkylation sites (tertiary alicyclic amines) is 1. The predicted octanol–water partition coefficient (Wildman–Crippen LogP) is 3.55. The highest BCUT2D eigenvalue weighted by atomic mass is 16.5. The Balaban J connectivity index is 1.54. The molecule has 0 aliphatic carbocycles. The smallest absolute Gasteiger partial charge is 0.227 e.